The van der Waals surface area contributed by atoms with Crippen molar-refractivity contribution in [2.75, 3.05) is 11.6 Å². The van der Waals surface area contributed by atoms with E-state index in [4.69, 9.17) is 22.6 Å². The van der Waals surface area contributed by atoms with E-state index in [1.807, 2.05) is 72.5 Å². The second-order valence-electron chi connectivity index (χ2n) is 8.33. The standard InChI is InChI=1S/C29H21N3O5S2/c1-19-2-8-23(9-3-19)32(24-10-4-20(5-11-24)14-22(16-30)28(35)36)25-12-6-21(7-13-25)15-26-27(34)31(17-37-18-33)29(38)39-26/h2-15,18H,17H2,1H3,(H,35,36). The minimum Gasteiger partial charge on any atom is -0.477 e. The summed E-state index contributed by atoms with van der Waals surface area (Å²) in [6.45, 7) is 2.05. The number of nitrogens with zero attached hydrogens (tertiary/aromatic N) is 3. The Morgan fingerprint density at radius 3 is 2.08 bits per heavy atom. The van der Waals surface area contributed by atoms with Gasteiger partial charge in [-0.05, 0) is 66.6 Å². The molecule has 1 amide bonds. The van der Waals surface area contributed by atoms with Crippen LogP contribution >= 0.6 is 24.0 Å². The predicted molar refractivity (Wildman–Crippen MR) is 154 cm³/mol. The molecule has 0 radical (unpaired) electrons. The number of thioether (sulfide) groups is 1. The first-order valence-corrected chi connectivity index (χ1v) is 12.8. The summed E-state index contributed by atoms with van der Waals surface area (Å²) >= 11 is 6.37. The third-order valence-corrected chi connectivity index (χ3v) is 7.08. The van der Waals surface area contributed by atoms with Gasteiger partial charge in [-0.2, -0.15) is 5.26 Å². The number of carboxylic acid groups (broad SMARTS) is 1. The molecule has 194 valence electrons. The zero-order valence-electron chi connectivity index (χ0n) is 20.6. The van der Waals surface area contributed by atoms with Crippen molar-refractivity contribution in [3.63, 3.8) is 0 Å². The number of anilines is 3. The molecule has 10 heteroatoms. The van der Waals surface area contributed by atoms with Crippen LogP contribution in [0.5, 0.6) is 0 Å². The van der Waals surface area contributed by atoms with E-state index in [0.29, 0.717) is 14.8 Å². The van der Waals surface area contributed by atoms with E-state index in [-0.39, 0.29) is 24.7 Å². The van der Waals surface area contributed by atoms with Crippen LogP contribution in [0.15, 0.2) is 83.3 Å². The Morgan fingerprint density at radius 2 is 1.56 bits per heavy atom. The molecule has 0 atom stereocenters. The van der Waals surface area contributed by atoms with Gasteiger partial charge in [0.15, 0.2) is 11.1 Å². The highest BCUT2D eigenvalue weighted by atomic mass is 32.2. The molecule has 0 aromatic heterocycles. The van der Waals surface area contributed by atoms with E-state index in [9.17, 15) is 14.4 Å². The Kier molecular flexibility index (Phi) is 8.56. The van der Waals surface area contributed by atoms with E-state index in [1.165, 1.54) is 11.0 Å². The number of thiocarbonyl (C=S) groups is 1. The fourth-order valence-corrected chi connectivity index (χ4v) is 4.99. The Balaban J connectivity index is 1.65. The minimum atomic E-state index is -1.28. The van der Waals surface area contributed by atoms with Crippen LogP contribution in [-0.4, -0.2) is 39.4 Å². The number of aliphatic carboxylic acids is 1. The van der Waals surface area contributed by atoms with Crippen LogP contribution in [0.2, 0.25) is 0 Å². The number of rotatable bonds is 9. The summed E-state index contributed by atoms with van der Waals surface area (Å²) < 4.78 is 5.00. The molecule has 39 heavy (non-hydrogen) atoms. The lowest BCUT2D eigenvalue weighted by Crippen LogP contribution is -2.30. The second-order valence-corrected chi connectivity index (χ2v) is 10.0. The fraction of sp³-hybridized carbons (Fsp3) is 0.0690. The molecule has 8 nitrogen and oxygen atoms in total. The topological polar surface area (TPSA) is 111 Å². The van der Waals surface area contributed by atoms with Crippen LogP contribution in [-0.2, 0) is 19.1 Å². The van der Waals surface area contributed by atoms with E-state index in [0.717, 1.165) is 40.0 Å². The number of carbonyl (C=O) groups excluding carboxylic acids is 2. The van der Waals surface area contributed by atoms with Crippen molar-refractivity contribution in [2.24, 2.45) is 0 Å². The third-order valence-electron chi connectivity index (χ3n) is 5.70. The normalized spacial score (nSPS) is 14.3. The highest BCUT2D eigenvalue weighted by Crippen LogP contribution is 2.36. The van der Waals surface area contributed by atoms with Gasteiger partial charge < -0.3 is 14.7 Å². The van der Waals surface area contributed by atoms with Crippen LogP contribution in [0.1, 0.15) is 16.7 Å². The van der Waals surface area contributed by atoms with Crippen molar-refractivity contribution in [1.82, 2.24) is 4.90 Å². The molecule has 1 aliphatic rings. The number of carbonyl (C=O) groups is 3. The fourth-order valence-electron chi connectivity index (χ4n) is 3.76. The first kappa shape index (κ1) is 27.3. The smallest absolute Gasteiger partial charge is 0.346 e. The van der Waals surface area contributed by atoms with Gasteiger partial charge in [0.1, 0.15) is 11.6 Å². The van der Waals surface area contributed by atoms with Gasteiger partial charge in [0.05, 0.1) is 4.91 Å². The summed E-state index contributed by atoms with van der Waals surface area (Å²) in [7, 11) is 0. The highest BCUT2D eigenvalue weighted by Gasteiger charge is 2.32. The number of aryl methyl sites for hydroxylation is 1. The first-order chi connectivity index (χ1) is 18.8. The number of carboxylic acids is 1. The van der Waals surface area contributed by atoms with Crippen LogP contribution < -0.4 is 4.90 Å². The van der Waals surface area contributed by atoms with Gasteiger partial charge in [-0.15, -0.1) is 0 Å². The molecule has 0 spiro atoms. The van der Waals surface area contributed by atoms with Crippen LogP contribution in [0.4, 0.5) is 17.1 Å². The van der Waals surface area contributed by atoms with Gasteiger partial charge >= 0.3 is 5.97 Å². The van der Waals surface area contributed by atoms with Gasteiger partial charge in [0.2, 0.25) is 0 Å². The summed E-state index contributed by atoms with van der Waals surface area (Å²) in [5, 5.41) is 18.2. The van der Waals surface area contributed by atoms with E-state index >= 15 is 0 Å². The van der Waals surface area contributed by atoms with E-state index in [1.54, 1.807) is 24.3 Å². The Morgan fingerprint density at radius 1 is 1.03 bits per heavy atom. The molecule has 3 aromatic rings. The van der Waals surface area contributed by atoms with Crippen molar-refractivity contribution in [1.29, 1.82) is 5.26 Å². The Labute approximate surface area is 234 Å². The predicted octanol–water partition coefficient (Wildman–Crippen LogP) is 5.79. The summed E-state index contributed by atoms with van der Waals surface area (Å²) in [5.74, 6) is -1.60. The zero-order chi connectivity index (χ0) is 27.9. The van der Waals surface area contributed by atoms with Crippen LogP contribution in [0, 0.1) is 18.3 Å². The van der Waals surface area contributed by atoms with Crippen LogP contribution in [0.3, 0.4) is 0 Å². The van der Waals surface area contributed by atoms with Crippen molar-refractivity contribution in [3.05, 3.63) is 100.0 Å². The summed E-state index contributed by atoms with van der Waals surface area (Å²) in [4.78, 5) is 38.0. The van der Waals surface area contributed by atoms with Gasteiger partial charge in [-0.25, -0.2) is 4.79 Å². The molecule has 0 bridgehead atoms. The number of hydrogen-bond donors (Lipinski definition) is 1. The van der Waals surface area contributed by atoms with Crippen molar-refractivity contribution in [2.45, 2.75) is 6.92 Å². The average molecular weight is 556 g/mol. The number of nitriles is 1. The Hall–Kier alpha value is -4.72. The maximum atomic E-state index is 12.6. The van der Waals surface area contributed by atoms with E-state index in [2.05, 4.69) is 4.74 Å². The number of benzene rings is 3. The van der Waals surface area contributed by atoms with Crippen molar-refractivity contribution in [3.8, 4) is 6.07 Å². The van der Waals surface area contributed by atoms with Crippen LogP contribution in [0.25, 0.3) is 12.2 Å². The molecule has 1 aliphatic heterocycles. The lowest BCUT2D eigenvalue weighted by Gasteiger charge is -2.26. The first-order valence-electron chi connectivity index (χ1n) is 11.5. The Bertz CT molecular complexity index is 1520. The maximum Gasteiger partial charge on any atom is 0.346 e. The third kappa shape index (κ3) is 6.41. The molecule has 1 N–H and O–H groups in total. The number of amides is 1. The molecule has 4 rings (SSSR count). The van der Waals surface area contributed by atoms with Gasteiger partial charge in [0.25, 0.3) is 12.4 Å². The lowest BCUT2D eigenvalue weighted by atomic mass is 10.1. The average Bonchev–Trinajstić information content (AvgIpc) is 3.20. The number of hydrogen-bond acceptors (Lipinski definition) is 8. The molecule has 0 saturated carbocycles. The summed E-state index contributed by atoms with van der Waals surface area (Å²) in [5.41, 5.74) is 4.74. The molecule has 3 aromatic carbocycles. The second kappa shape index (κ2) is 12.2. The zero-order valence-corrected chi connectivity index (χ0v) is 22.2. The lowest BCUT2D eigenvalue weighted by molar-refractivity contribution is -0.136. The molecule has 1 fully saturated rings. The summed E-state index contributed by atoms with van der Waals surface area (Å²) in [6, 6.07) is 24.5. The van der Waals surface area contributed by atoms with Gasteiger partial charge in [-0.3, -0.25) is 14.5 Å². The molecule has 0 aliphatic carbocycles. The largest absolute Gasteiger partial charge is 0.477 e. The molecule has 1 heterocycles. The van der Waals surface area contributed by atoms with Gasteiger partial charge in [0, 0.05) is 17.1 Å². The maximum absolute atomic E-state index is 12.6. The molecular formula is C29H21N3O5S2. The molecular weight excluding hydrogens is 534 g/mol. The number of ether oxygens (including phenoxy) is 1. The quantitative estimate of drug-likeness (QED) is 0.152. The van der Waals surface area contributed by atoms with Crippen molar-refractivity contribution < 1.29 is 24.2 Å². The molecule has 0 unspecified atom stereocenters. The monoisotopic (exact) mass is 555 g/mol. The van der Waals surface area contributed by atoms with Crippen molar-refractivity contribution >= 4 is 75.9 Å². The van der Waals surface area contributed by atoms with Gasteiger partial charge in [-0.1, -0.05) is 65.9 Å². The minimum absolute atomic E-state index is 0.224. The SMILES string of the molecule is Cc1ccc(N(c2ccc(C=C(C#N)C(=O)O)cc2)c2ccc(C=C3SC(=S)N(COC=O)C3=O)cc2)cc1. The molecule has 1 saturated heterocycles. The highest BCUT2D eigenvalue weighted by molar-refractivity contribution is 8.26. The van der Waals surface area contributed by atoms with E-state index < -0.39 is 5.97 Å². The summed E-state index contributed by atoms with van der Waals surface area (Å²) in [6.07, 6.45) is 3.06.